The van der Waals surface area contributed by atoms with Crippen LogP contribution in [-0.2, 0) is 56.7 Å². The van der Waals surface area contributed by atoms with Gasteiger partial charge in [0.15, 0.2) is 0 Å². The highest BCUT2D eigenvalue weighted by Gasteiger charge is 2.37. The van der Waals surface area contributed by atoms with Crippen molar-refractivity contribution in [1.29, 1.82) is 5.26 Å². The van der Waals surface area contributed by atoms with E-state index in [4.69, 9.17) is 42.6 Å². The zero-order valence-corrected chi connectivity index (χ0v) is 40.0. The van der Waals surface area contributed by atoms with Crippen LogP contribution in [-0.4, -0.2) is 157 Å². The number of anilines is 2. The van der Waals surface area contributed by atoms with Crippen LogP contribution >= 0.6 is 0 Å². The van der Waals surface area contributed by atoms with Gasteiger partial charge in [-0.25, -0.2) is 4.79 Å². The van der Waals surface area contributed by atoms with Crippen molar-refractivity contribution < 1.29 is 45.8 Å². The normalized spacial score (nSPS) is 19.1. The summed E-state index contributed by atoms with van der Waals surface area (Å²) in [6, 6.07) is 26.0. The molecule has 18 heteroatoms. The maximum atomic E-state index is 13.3. The number of benzene rings is 3. The van der Waals surface area contributed by atoms with E-state index in [1.807, 2.05) is 26.8 Å². The highest BCUT2D eigenvalue weighted by atomic mass is 32.2. The Morgan fingerprint density at radius 1 is 0.806 bits per heavy atom. The van der Waals surface area contributed by atoms with Gasteiger partial charge in [-0.1, -0.05) is 66.7 Å². The van der Waals surface area contributed by atoms with Crippen molar-refractivity contribution in [2.24, 2.45) is 0 Å². The molecule has 0 spiro atoms. The van der Waals surface area contributed by atoms with Gasteiger partial charge in [-0.3, -0.25) is 9.08 Å². The van der Waals surface area contributed by atoms with E-state index in [-0.39, 0.29) is 43.6 Å². The topological polar surface area (TPSA) is 178 Å². The molecule has 0 N–H and O–H groups in total. The van der Waals surface area contributed by atoms with Crippen LogP contribution in [0.1, 0.15) is 50.4 Å². The summed E-state index contributed by atoms with van der Waals surface area (Å²) in [7, 11) is -1.61. The lowest BCUT2D eigenvalue weighted by Gasteiger charge is -2.42. The minimum absolute atomic E-state index is 0.0144. The molecule has 2 saturated heterocycles. The van der Waals surface area contributed by atoms with Crippen molar-refractivity contribution in [2.45, 2.75) is 76.1 Å². The Kier molecular flexibility index (Phi) is 17.6. The van der Waals surface area contributed by atoms with Crippen molar-refractivity contribution >= 4 is 38.5 Å². The summed E-state index contributed by atoms with van der Waals surface area (Å²) in [5, 5.41) is 12.2. The molecule has 3 aliphatic rings. The van der Waals surface area contributed by atoms with Crippen LogP contribution in [0.25, 0.3) is 10.8 Å². The van der Waals surface area contributed by atoms with Crippen LogP contribution < -0.4 is 14.5 Å². The van der Waals surface area contributed by atoms with E-state index in [0.29, 0.717) is 84.0 Å². The minimum Gasteiger partial charge on any atom is -0.462 e. The van der Waals surface area contributed by atoms with Crippen molar-refractivity contribution in [3.63, 3.8) is 0 Å². The summed E-state index contributed by atoms with van der Waals surface area (Å²) in [6.45, 7) is 11.8. The largest absolute Gasteiger partial charge is 0.462 e. The zero-order valence-electron chi connectivity index (χ0n) is 39.2. The predicted molar refractivity (Wildman–Crippen MR) is 254 cm³/mol. The second-order valence-electron chi connectivity index (χ2n) is 18.0. The predicted octanol–water partition coefficient (Wildman–Crippen LogP) is 5.60. The van der Waals surface area contributed by atoms with Crippen molar-refractivity contribution in [3.05, 3.63) is 89.6 Å². The lowest BCUT2D eigenvalue weighted by molar-refractivity contribution is -0.0174. The van der Waals surface area contributed by atoms with Crippen molar-refractivity contribution in [3.8, 4) is 12.1 Å². The van der Waals surface area contributed by atoms with Gasteiger partial charge in [0.2, 0.25) is 0 Å². The Hall–Kier alpha value is -5.13. The van der Waals surface area contributed by atoms with E-state index in [1.165, 1.54) is 10.8 Å². The first-order chi connectivity index (χ1) is 32.4. The third kappa shape index (κ3) is 14.4. The number of carbonyl (C=O) groups is 1. The van der Waals surface area contributed by atoms with E-state index in [1.54, 1.807) is 29.2 Å². The van der Waals surface area contributed by atoms with Crippen LogP contribution in [0.15, 0.2) is 72.8 Å². The van der Waals surface area contributed by atoms with E-state index in [9.17, 15) is 18.5 Å². The molecular weight excluding hydrogens is 879 g/mol. The molecule has 0 bridgehead atoms. The van der Waals surface area contributed by atoms with E-state index in [2.05, 4.69) is 70.3 Å². The van der Waals surface area contributed by atoms with Gasteiger partial charge in [-0.2, -0.15) is 23.6 Å². The second kappa shape index (κ2) is 23.7. The molecule has 3 aliphatic heterocycles. The first-order valence-electron chi connectivity index (χ1n) is 23.2. The number of piperazine rings is 1. The molecule has 0 saturated carbocycles. The van der Waals surface area contributed by atoms with Gasteiger partial charge in [0.1, 0.15) is 23.8 Å². The highest BCUT2D eigenvalue weighted by molar-refractivity contribution is 7.85. The summed E-state index contributed by atoms with van der Waals surface area (Å²) in [5.74, 6) is 0.616. The molecule has 0 radical (unpaired) electrons. The van der Waals surface area contributed by atoms with Crippen molar-refractivity contribution in [1.82, 2.24) is 19.8 Å². The third-order valence-electron chi connectivity index (χ3n) is 11.9. The highest BCUT2D eigenvalue weighted by Crippen LogP contribution is 2.35. The second-order valence-corrected chi connectivity index (χ2v) is 19.7. The Morgan fingerprint density at radius 3 is 2.25 bits per heavy atom. The summed E-state index contributed by atoms with van der Waals surface area (Å²) in [6.07, 6.45) is 1.27. The number of fused-ring (bicyclic) bond motifs is 2. The summed E-state index contributed by atoms with van der Waals surface area (Å²) in [5.41, 5.74) is 3.14. The molecule has 0 aliphatic carbocycles. The molecule has 17 nitrogen and oxygen atoms in total. The standard InChI is InChI=1S/C49H65N7O10S/c1-49(2,3)66-48(57)56-22-21-55(32-39(56)17-19-50)46-43-18-20-54(45-16-10-14-38-13-8-9-15-42(38)45)34-44(43)51-47(52-46)64-35-40-31-41(33-53(40)4)63-29-27-61-25-23-60-24-26-62-28-30-65-67(58,59)36-37-11-6-5-7-12-37/h5-16,39-41H,17-18,20-36H2,1-4H3/t39-,40-,41+/m0/s1. The molecular formula is C49H65N7O10S. The Balaban J connectivity index is 0.875. The van der Waals surface area contributed by atoms with Gasteiger partial charge >= 0.3 is 12.1 Å². The first-order valence-corrected chi connectivity index (χ1v) is 24.8. The van der Waals surface area contributed by atoms with E-state index in [0.717, 1.165) is 48.7 Å². The molecule has 1 amide bonds. The molecule has 3 atom stereocenters. The molecule has 7 rings (SSSR count). The number of hydrogen-bond acceptors (Lipinski definition) is 16. The number of ether oxygens (including phenoxy) is 6. The number of nitrogens with zero attached hydrogens (tertiary/aromatic N) is 7. The van der Waals surface area contributed by atoms with Crippen LogP contribution in [0.4, 0.5) is 16.3 Å². The average Bonchev–Trinajstić information content (AvgIpc) is 3.67. The van der Waals surface area contributed by atoms with Gasteiger partial charge in [-0.05, 0) is 57.7 Å². The Bertz CT molecular complexity index is 2380. The number of aromatic nitrogens is 2. The Labute approximate surface area is 394 Å². The van der Waals surface area contributed by atoms with Gasteiger partial charge < -0.3 is 43.1 Å². The van der Waals surface area contributed by atoms with E-state index < -0.39 is 21.8 Å². The Morgan fingerprint density at radius 2 is 1.51 bits per heavy atom. The number of nitriles is 1. The lowest BCUT2D eigenvalue weighted by Crippen LogP contribution is -2.56. The van der Waals surface area contributed by atoms with Crippen LogP contribution in [0.2, 0.25) is 0 Å². The molecule has 67 heavy (non-hydrogen) atoms. The number of carbonyl (C=O) groups excluding carboxylic acids is 1. The minimum atomic E-state index is -3.67. The maximum absolute atomic E-state index is 13.3. The monoisotopic (exact) mass is 943 g/mol. The smallest absolute Gasteiger partial charge is 0.410 e. The number of likely N-dealkylation sites (tertiary alicyclic amines) is 1. The number of hydrogen-bond donors (Lipinski definition) is 0. The fourth-order valence-corrected chi connectivity index (χ4v) is 9.67. The molecule has 4 aromatic rings. The van der Waals surface area contributed by atoms with Gasteiger partial charge in [0.25, 0.3) is 10.1 Å². The van der Waals surface area contributed by atoms with Crippen LogP contribution in [0.5, 0.6) is 6.01 Å². The zero-order chi connectivity index (χ0) is 47.2. The molecule has 0 unspecified atom stereocenters. The molecule has 3 aromatic carbocycles. The number of likely N-dealkylation sites (N-methyl/N-ethyl adjacent to an activating group) is 1. The average molecular weight is 944 g/mol. The fraction of sp³-hybridized carbons (Fsp3) is 0.551. The van der Waals surface area contributed by atoms with Gasteiger partial charge in [-0.15, -0.1) is 0 Å². The number of rotatable bonds is 22. The van der Waals surface area contributed by atoms with Gasteiger partial charge in [0.05, 0.1) is 89.7 Å². The van der Waals surface area contributed by atoms with Crippen LogP contribution in [0, 0.1) is 11.3 Å². The molecule has 2 fully saturated rings. The third-order valence-corrected chi connectivity index (χ3v) is 13.1. The van der Waals surface area contributed by atoms with Crippen molar-refractivity contribution in [2.75, 3.05) is 109 Å². The van der Waals surface area contributed by atoms with E-state index >= 15 is 0 Å². The quantitative estimate of drug-likeness (QED) is 0.0702. The maximum Gasteiger partial charge on any atom is 0.410 e. The first kappa shape index (κ1) is 49.8. The molecule has 1 aromatic heterocycles. The number of amides is 1. The van der Waals surface area contributed by atoms with Crippen LogP contribution in [0.3, 0.4) is 0 Å². The summed E-state index contributed by atoms with van der Waals surface area (Å²) < 4.78 is 64.4. The molecule has 362 valence electrons. The summed E-state index contributed by atoms with van der Waals surface area (Å²) in [4.78, 5) is 31.8. The fourth-order valence-electron chi connectivity index (χ4n) is 8.66. The van der Waals surface area contributed by atoms with Gasteiger partial charge in [0, 0.05) is 55.4 Å². The summed E-state index contributed by atoms with van der Waals surface area (Å²) >= 11 is 0. The SMILES string of the molecule is CN1C[C@H](OCCOCCOCCOCCOS(=O)(=O)Cc2ccccc2)C[C@H]1COc1nc2c(c(N3CCN(C(=O)OC(C)(C)C)[C@@H](CC#N)C3)n1)CCN(c1cccc3ccccc13)C2. The molecule has 4 heterocycles. The lowest BCUT2D eigenvalue weighted by atomic mass is 10.0.